The molecule has 0 bridgehead atoms. The smallest absolute Gasteiger partial charge is 0.0704 e. The molecule has 1 unspecified atom stereocenters. The highest BCUT2D eigenvalue weighted by atomic mass is 16.5. The molecule has 1 atom stereocenters. The topological polar surface area (TPSA) is 9.23 Å². The van der Waals surface area contributed by atoms with Crippen LogP contribution in [0.15, 0.2) is 0 Å². The first-order valence-corrected chi connectivity index (χ1v) is 1.51. The third-order valence-corrected chi connectivity index (χ3v) is 0.285. The third-order valence-electron chi connectivity index (χ3n) is 0.285. The minimum absolute atomic E-state index is 0.0231. The van der Waals surface area contributed by atoms with E-state index in [0.29, 0.717) is 0 Å². The van der Waals surface area contributed by atoms with Crippen molar-refractivity contribution in [3.8, 4) is 0 Å². The Balaban J connectivity index is 2.54. The lowest BCUT2D eigenvalue weighted by atomic mass is 10.5. The number of rotatable bonds is 1. The van der Waals surface area contributed by atoms with Gasteiger partial charge in [-0.2, -0.15) is 0 Å². The van der Waals surface area contributed by atoms with Crippen LogP contribution in [0.3, 0.4) is 0 Å². The van der Waals surface area contributed by atoms with Crippen molar-refractivity contribution in [1.82, 2.24) is 0 Å². The summed E-state index contributed by atoms with van der Waals surface area (Å²) >= 11 is 0. The second-order valence-electron chi connectivity index (χ2n) is 0.977. The maximum absolute atomic E-state index is 4.39. The van der Waals surface area contributed by atoms with E-state index in [1.807, 2.05) is 6.92 Å². The first-order valence-electron chi connectivity index (χ1n) is 1.51. The van der Waals surface area contributed by atoms with Crippen LogP contribution in [0.25, 0.3) is 0 Å². The molecule has 0 heterocycles. The van der Waals surface area contributed by atoms with Crippen molar-refractivity contribution in [2.45, 2.75) is 13.0 Å². The van der Waals surface area contributed by atoms with Gasteiger partial charge in [-0.05, 0) is 13.8 Å². The zero-order valence-corrected chi connectivity index (χ0v) is 3.40. The van der Waals surface area contributed by atoms with Crippen LogP contribution in [-0.4, -0.2) is 6.10 Å². The fourth-order valence-corrected chi connectivity index (χ4v) is 0. The van der Waals surface area contributed by atoms with E-state index in [4.69, 9.17) is 0 Å². The standard InChI is InChI=1S/C4H8O/c1-4(2)5-3/h4H,1,3H2,2H3. The molecule has 1 heteroatoms. The van der Waals surface area contributed by atoms with E-state index in [2.05, 4.69) is 18.8 Å². The predicted octanol–water partition coefficient (Wildman–Crippen LogP) is 1.02. The van der Waals surface area contributed by atoms with Crippen LogP contribution >= 0.6 is 0 Å². The molecule has 0 spiro atoms. The second-order valence-corrected chi connectivity index (χ2v) is 0.977. The summed E-state index contributed by atoms with van der Waals surface area (Å²) in [7, 11) is 3.12. The Kier molecular flexibility index (Phi) is 2.19. The van der Waals surface area contributed by atoms with Gasteiger partial charge in [-0.15, -0.1) is 0 Å². The van der Waals surface area contributed by atoms with E-state index in [0.717, 1.165) is 0 Å². The lowest BCUT2D eigenvalue weighted by Crippen LogP contribution is -1.92. The van der Waals surface area contributed by atoms with E-state index < -0.39 is 0 Å². The van der Waals surface area contributed by atoms with E-state index in [-0.39, 0.29) is 6.10 Å². The van der Waals surface area contributed by atoms with Crippen molar-refractivity contribution < 1.29 is 4.74 Å². The lowest BCUT2D eigenvalue weighted by Gasteiger charge is -1.94. The molecule has 0 aliphatic heterocycles. The highest BCUT2D eigenvalue weighted by molar-refractivity contribution is 4.46. The maximum Gasteiger partial charge on any atom is 0.0704 e. The molecule has 2 radical (unpaired) electrons. The molecule has 0 aliphatic rings. The zero-order valence-electron chi connectivity index (χ0n) is 3.40. The Morgan fingerprint density at radius 3 is 2.00 bits per heavy atom. The summed E-state index contributed by atoms with van der Waals surface area (Å²) in [6.45, 7) is 5.30. The van der Waals surface area contributed by atoms with Gasteiger partial charge in [-0.1, -0.05) is 0 Å². The van der Waals surface area contributed by atoms with Gasteiger partial charge < -0.3 is 4.74 Å². The van der Waals surface area contributed by atoms with E-state index in [1.54, 1.807) is 0 Å². The summed E-state index contributed by atoms with van der Waals surface area (Å²) in [5, 5.41) is 0. The summed E-state index contributed by atoms with van der Waals surface area (Å²) in [6, 6.07) is 0. The van der Waals surface area contributed by atoms with Gasteiger partial charge in [0, 0.05) is 0 Å². The molecular weight excluding hydrogens is 64.0 g/mol. The van der Waals surface area contributed by atoms with Crippen molar-refractivity contribution in [2.75, 3.05) is 0 Å². The Labute approximate surface area is 32.9 Å². The molecule has 5 heavy (non-hydrogen) atoms. The van der Waals surface area contributed by atoms with Crippen molar-refractivity contribution in [3.63, 3.8) is 0 Å². The first-order chi connectivity index (χ1) is 2.27. The number of hydrogen-bond acceptors (Lipinski definition) is 1. The average Bonchev–Trinajstić information content (AvgIpc) is 1.38. The normalized spacial score (nSPS) is 9.60. The lowest BCUT2D eigenvalue weighted by molar-refractivity contribution is 0.195. The van der Waals surface area contributed by atoms with Crippen molar-refractivity contribution in [2.24, 2.45) is 0 Å². The molecule has 0 fully saturated rings. The average molecular weight is 72.1 g/mol. The maximum atomic E-state index is 4.39. The molecule has 0 saturated heterocycles. The minimum Gasteiger partial charge on any atom is -0.376 e. The van der Waals surface area contributed by atoms with Gasteiger partial charge in [-0.3, -0.25) is 0 Å². The van der Waals surface area contributed by atoms with Crippen LogP contribution in [0.4, 0.5) is 0 Å². The Hall–Kier alpha value is -0.0400. The first kappa shape index (κ1) is 4.96. The van der Waals surface area contributed by atoms with Crippen LogP contribution in [0.2, 0.25) is 0 Å². The summed E-state index contributed by atoms with van der Waals surface area (Å²) in [6.07, 6.45) is 0.0231. The fourth-order valence-electron chi connectivity index (χ4n) is 0. The van der Waals surface area contributed by atoms with Crippen LogP contribution in [0, 0.1) is 14.0 Å². The minimum atomic E-state index is 0.0231. The fraction of sp³-hybridized carbons (Fsp3) is 0.500. The summed E-state index contributed by atoms with van der Waals surface area (Å²) in [4.78, 5) is 0. The molecule has 0 aromatic carbocycles. The molecular formula is C4H8O. The Morgan fingerprint density at radius 2 is 2.00 bits per heavy atom. The SMILES string of the molecule is [CH2]OC([CH2])C. The predicted molar refractivity (Wildman–Crippen MR) is 21.3 cm³/mol. The molecule has 0 aliphatic carbocycles. The molecule has 0 saturated carbocycles. The number of ether oxygens (including phenoxy) is 1. The molecule has 1 nitrogen and oxygen atoms in total. The zero-order chi connectivity index (χ0) is 4.28. The summed E-state index contributed by atoms with van der Waals surface area (Å²) in [5.41, 5.74) is 0. The van der Waals surface area contributed by atoms with Gasteiger partial charge in [0.15, 0.2) is 0 Å². The summed E-state index contributed by atoms with van der Waals surface area (Å²) in [5.74, 6) is 0. The van der Waals surface area contributed by atoms with E-state index >= 15 is 0 Å². The van der Waals surface area contributed by atoms with Crippen LogP contribution in [-0.2, 0) is 4.74 Å². The molecule has 0 amide bonds. The second kappa shape index (κ2) is 2.21. The largest absolute Gasteiger partial charge is 0.376 e. The van der Waals surface area contributed by atoms with Gasteiger partial charge in [0.1, 0.15) is 0 Å². The van der Waals surface area contributed by atoms with E-state index in [1.165, 1.54) is 0 Å². The van der Waals surface area contributed by atoms with E-state index in [9.17, 15) is 0 Å². The summed E-state index contributed by atoms with van der Waals surface area (Å²) < 4.78 is 4.39. The van der Waals surface area contributed by atoms with Crippen LogP contribution in [0.5, 0.6) is 0 Å². The quantitative estimate of drug-likeness (QED) is 0.449. The van der Waals surface area contributed by atoms with Crippen LogP contribution < -0.4 is 0 Å². The van der Waals surface area contributed by atoms with Crippen molar-refractivity contribution in [1.29, 1.82) is 0 Å². The van der Waals surface area contributed by atoms with Gasteiger partial charge in [0.05, 0.1) is 13.2 Å². The van der Waals surface area contributed by atoms with Crippen LogP contribution in [0.1, 0.15) is 6.92 Å². The molecule has 0 N–H and O–H groups in total. The highest BCUT2D eigenvalue weighted by Gasteiger charge is 1.79. The van der Waals surface area contributed by atoms with Gasteiger partial charge >= 0.3 is 0 Å². The monoisotopic (exact) mass is 72.1 g/mol. The van der Waals surface area contributed by atoms with Crippen molar-refractivity contribution >= 4 is 0 Å². The van der Waals surface area contributed by atoms with Gasteiger partial charge in [0.25, 0.3) is 0 Å². The third kappa shape index (κ3) is 3.96. The van der Waals surface area contributed by atoms with Gasteiger partial charge in [0.2, 0.25) is 0 Å². The molecule has 0 aromatic rings. The van der Waals surface area contributed by atoms with Gasteiger partial charge in [-0.25, -0.2) is 0 Å². The number of hydrogen-bond donors (Lipinski definition) is 0. The Morgan fingerprint density at radius 1 is 1.80 bits per heavy atom. The molecule has 0 aromatic heterocycles. The highest BCUT2D eigenvalue weighted by Crippen LogP contribution is 1.79. The Bertz CT molecular complexity index is 17.6. The van der Waals surface area contributed by atoms with Crippen molar-refractivity contribution in [3.05, 3.63) is 14.0 Å². The molecule has 30 valence electrons. The molecule has 0 rings (SSSR count).